The lowest BCUT2D eigenvalue weighted by atomic mass is 10.0. The van der Waals surface area contributed by atoms with E-state index in [2.05, 4.69) is 15.2 Å². The van der Waals surface area contributed by atoms with E-state index in [9.17, 15) is 5.11 Å². The second-order valence-electron chi connectivity index (χ2n) is 6.82. The fourth-order valence-corrected chi connectivity index (χ4v) is 3.01. The predicted octanol–water partition coefficient (Wildman–Crippen LogP) is 2.59. The Morgan fingerprint density at radius 1 is 1.41 bits per heavy atom. The molecule has 8 heteroatoms. The summed E-state index contributed by atoms with van der Waals surface area (Å²) in [4.78, 5) is 6.87. The van der Waals surface area contributed by atoms with Gasteiger partial charge in [0.05, 0.1) is 18.9 Å². The number of hydrogen-bond acceptors (Lipinski definition) is 5. The molecule has 0 aromatic carbocycles. The highest BCUT2D eigenvalue weighted by Gasteiger charge is 2.27. The minimum Gasteiger partial charge on any atom is -0.466 e. The smallest absolute Gasteiger partial charge is 0.194 e. The zero-order valence-electron chi connectivity index (χ0n) is 16.6. The van der Waals surface area contributed by atoms with Crippen LogP contribution in [0.1, 0.15) is 38.9 Å². The van der Waals surface area contributed by atoms with Gasteiger partial charge in [-0.15, -0.1) is 24.0 Å². The summed E-state index contributed by atoms with van der Waals surface area (Å²) >= 11 is 0. The third-order valence-electron chi connectivity index (χ3n) is 4.51. The van der Waals surface area contributed by atoms with Crippen LogP contribution < -0.4 is 5.32 Å². The fourth-order valence-electron chi connectivity index (χ4n) is 3.01. The van der Waals surface area contributed by atoms with Crippen LogP contribution in [0.3, 0.4) is 0 Å². The van der Waals surface area contributed by atoms with Crippen LogP contribution in [0.2, 0.25) is 0 Å². The van der Waals surface area contributed by atoms with E-state index in [1.807, 2.05) is 6.92 Å². The molecule has 2 N–H and O–H groups in total. The summed E-state index contributed by atoms with van der Waals surface area (Å²) in [6.45, 7) is 8.08. The molecule has 7 nitrogen and oxygen atoms in total. The molecule has 1 unspecified atom stereocenters. The molecule has 0 spiro atoms. The first-order chi connectivity index (χ1) is 12.6. The molecule has 156 valence electrons. The van der Waals surface area contributed by atoms with E-state index >= 15 is 0 Å². The second-order valence-corrected chi connectivity index (χ2v) is 6.82. The van der Waals surface area contributed by atoms with Gasteiger partial charge in [-0.05, 0) is 45.2 Å². The average molecular weight is 495 g/mol. The Labute approximate surface area is 179 Å². The minimum absolute atomic E-state index is 0. The minimum atomic E-state index is -1.12. The highest BCUT2D eigenvalue weighted by Crippen LogP contribution is 2.21. The van der Waals surface area contributed by atoms with Crippen LogP contribution in [0.4, 0.5) is 0 Å². The molecule has 1 aliphatic heterocycles. The summed E-state index contributed by atoms with van der Waals surface area (Å²) in [5, 5.41) is 13.9. The van der Waals surface area contributed by atoms with Gasteiger partial charge in [-0.3, -0.25) is 0 Å². The Bertz CT molecular complexity index is 529. The lowest BCUT2D eigenvalue weighted by molar-refractivity contribution is 0.00959. The van der Waals surface area contributed by atoms with Gasteiger partial charge in [0.2, 0.25) is 0 Å². The number of guanidine groups is 1. The van der Waals surface area contributed by atoms with Gasteiger partial charge < -0.3 is 29.2 Å². The van der Waals surface area contributed by atoms with Gasteiger partial charge in [-0.25, -0.2) is 4.99 Å². The Morgan fingerprint density at radius 3 is 2.74 bits per heavy atom. The molecule has 1 saturated heterocycles. The molecule has 0 aliphatic carbocycles. The average Bonchev–Trinajstić information content (AvgIpc) is 3.19. The topological polar surface area (TPSA) is 79.5 Å². The van der Waals surface area contributed by atoms with Crippen LogP contribution in [0, 0.1) is 0 Å². The molecule has 1 aromatic rings. The van der Waals surface area contributed by atoms with Crippen molar-refractivity contribution in [3.05, 3.63) is 24.2 Å². The van der Waals surface area contributed by atoms with E-state index in [1.165, 1.54) is 0 Å². The number of nitrogens with zero attached hydrogens (tertiary/aromatic N) is 2. The van der Waals surface area contributed by atoms with Crippen molar-refractivity contribution < 1.29 is 19.0 Å². The monoisotopic (exact) mass is 495 g/mol. The Hall–Kier alpha value is -0.840. The maximum absolute atomic E-state index is 10.6. The van der Waals surface area contributed by atoms with Crippen molar-refractivity contribution in [2.24, 2.45) is 4.99 Å². The standard InChI is InChI=1S/C19H33N3O4.HI/c1-4-20-18(21-15-19(2,23)17-7-5-13-26-17)22-10-8-16(9-11-22)25-14-6-12-24-3;/h5,7,13,16,23H,4,6,8-12,14-15H2,1-3H3,(H,20,21);1H. The molecule has 1 atom stereocenters. The summed E-state index contributed by atoms with van der Waals surface area (Å²) in [7, 11) is 1.71. The number of halogens is 1. The molecule has 0 radical (unpaired) electrons. The predicted molar refractivity (Wildman–Crippen MR) is 117 cm³/mol. The van der Waals surface area contributed by atoms with Gasteiger partial charge in [0.1, 0.15) is 11.4 Å². The summed E-state index contributed by atoms with van der Waals surface area (Å²) in [6.07, 6.45) is 4.76. The van der Waals surface area contributed by atoms with Crippen LogP contribution in [0.25, 0.3) is 0 Å². The van der Waals surface area contributed by atoms with Crippen molar-refractivity contribution >= 4 is 29.9 Å². The highest BCUT2D eigenvalue weighted by atomic mass is 127. The number of rotatable bonds is 9. The number of ether oxygens (including phenoxy) is 2. The van der Waals surface area contributed by atoms with E-state index in [0.717, 1.165) is 58.1 Å². The molecule has 0 bridgehead atoms. The lowest BCUT2D eigenvalue weighted by Crippen LogP contribution is -2.47. The normalized spacial score (nSPS) is 18.1. The van der Waals surface area contributed by atoms with Gasteiger partial charge >= 0.3 is 0 Å². The van der Waals surface area contributed by atoms with E-state index in [-0.39, 0.29) is 30.5 Å². The fraction of sp³-hybridized carbons (Fsp3) is 0.737. The molecular weight excluding hydrogens is 461 g/mol. The number of nitrogens with one attached hydrogen (secondary N) is 1. The molecule has 2 heterocycles. The molecule has 1 fully saturated rings. The van der Waals surface area contributed by atoms with Crippen LogP contribution in [-0.4, -0.2) is 68.6 Å². The summed E-state index contributed by atoms with van der Waals surface area (Å²) in [5.41, 5.74) is -1.12. The van der Waals surface area contributed by atoms with Crippen molar-refractivity contribution in [3.8, 4) is 0 Å². The number of methoxy groups -OCH3 is 1. The van der Waals surface area contributed by atoms with Gasteiger partial charge in [-0.2, -0.15) is 0 Å². The lowest BCUT2D eigenvalue weighted by Gasteiger charge is -2.34. The maximum atomic E-state index is 10.6. The number of furan rings is 1. The van der Waals surface area contributed by atoms with Gasteiger partial charge in [0.25, 0.3) is 0 Å². The number of piperidine rings is 1. The number of aliphatic hydroxyl groups is 1. The molecule has 1 aliphatic rings. The molecule has 2 rings (SSSR count). The first-order valence-electron chi connectivity index (χ1n) is 9.47. The quantitative estimate of drug-likeness (QED) is 0.237. The molecule has 27 heavy (non-hydrogen) atoms. The van der Waals surface area contributed by atoms with Gasteiger partial charge in [-0.1, -0.05) is 0 Å². The second kappa shape index (κ2) is 12.6. The van der Waals surface area contributed by atoms with Crippen molar-refractivity contribution in [3.63, 3.8) is 0 Å². The first kappa shape index (κ1) is 24.2. The van der Waals surface area contributed by atoms with Gasteiger partial charge in [0.15, 0.2) is 5.96 Å². The van der Waals surface area contributed by atoms with Crippen molar-refractivity contribution in [2.45, 2.75) is 44.8 Å². The van der Waals surface area contributed by atoms with Gasteiger partial charge in [0, 0.05) is 40.0 Å². The zero-order chi connectivity index (χ0) is 18.8. The Morgan fingerprint density at radius 2 is 2.15 bits per heavy atom. The Kier molecular flexibility index (Phi) is 11.3. The van der Waals surface area contributed by atoms with Crippen molar-refractivity contribution in [2.75, 3.05) is 46.5 Å². The zero-order valence-corrected chi connectivity index (χ0v) is 19.0. The van der Waals surface area contributed by atoms with Crippen LogP contribution in [-0.2, 0) is 15.1 Å². The van der Waals surface area contributed by atoms with E-state index in [1.54, 1.807) is 32.4 Å². The number of aliphatic imine (C=N–C) groups is 1. The summed E-state index contributed by atoms with van der Waals surface area (Å²) in [5.74, 6) is 1.36. The van der Waals surface area contributed by atoms with Crippen molar-refractivity contribution in [1.29, 1.82) is 0 Å². The highest BCUT2D eigenvalue weighted by molar-refractivity contribution is 14.0. The van der Waals surface area contributed by atoms with Crippen LogP contribution in [0.15, 0.2) is 27.8 Å². The third kappa shape index (κ3) is 7.97. The summed E-state index contributed by atoms with van der Waals surface area (Å²) < 4.78 is 16.3. The molecule has 1 aromatic heterocycles. The number of hydrogen-bond donors (Lipinski definition) is 2. The maximum Gasteiger partial charge on any atom is 0.194 e. The molecule has 0 amide bonds. The SMILES string of the molecule is CCNC(=NCC(C)(O)c1ccco1)N1CCC(OCCCOC)CC1.I. The number of likely N-dealkylation sites (tertiary alicyclic amines) is 1. The Balaban J connectivity index is 0.00000364. The third-order valence-corrected chi connectivity index (χ3v) is 4.51. The largest absolute Gasteiger partial charge is 0.466 e. The van der Waals surface area contributed by atoms with E-state index in [0.29, 0.717) is 11.9 Å². The van der Waals surface area contributed by atoms with Crippen LogP contribution in [0.5, 0.6) is 0 Å². The molecule has 0 saturated carbocycles. The van der Waals surface area contributed by atoms with E-state index < -0.39 is 5.60 Å². The van der Waals surface area contributed by atoms with Crippen molar-refractivity contribution in [1.82, 2.24) is 10.2 Å². The van der Waals surface area contributed by atoms with E-state index in [4.69, 9.17) is 13.9 Å². The molecular formula is C19H34IN3O4. The summed E-state index contributed by atoms with van der Waals surface area (Å²) in [6, 6.07) is 3.55. The van der Waals surface area contributed by atoms with Crippen LogP contribution >= 0.6 is 24.0 Å². The first-order valence-corrected chi connectivity index (χ1v) is 9.47.